The van der Waals surface area contributed by atoms with Crippen molar-refractivity contribution >= 4 is 5.97 Å². The number of hydrogen-bond acceptors (Lipinski definition) is 1. The minimum Gasteiger partial charge on any atom is -0.478 e. The molecule has 0 radical (unpaired) electrons. The average Bonchev–Trinajstić information content (AvgIpc) is 2.58. The van der Waals surface area contributed by atoms with Gasteiger partial charge in [0.1, 0.15) is 0 Å². The zero-order valence-corrected chi connectivity index (χ0v) is 16.1. The molecule has 0 heterocycles. The van der Waals surface area contributed by atoms with Crippen LogP contribution in [0, 0.1) is 0 Å². The molecule has 0 aromatic heterocycles. The third kappa shape index (κ3) is 4.50. The first-order valence-electron chi connectivity index (χ1n) is 9.19. The predicted molar refractivity (Wildman–Crippen MR) is 105 cm³/mol. The zero-order valence-electron chi connectivity index (χ0n) is 16.1. The molecule has 0 aliphatic carbocycles. The van der Waals surface area contributed by atoms with Crippen LogP contribution >= 0.6 is 0 Å². The van der Waals surface area contributed by atoms with Gasteiger partial charge in [-0.1, -0.05) is 71.0 Å². The molecule has 1 N–H and O–H groups in total. The molecule has 0 amide bonds. The van der Waals surface area contributed by atoms with Crippen LogP contribution in [0.1, 0.15) is 79.6 Å². The Hall–Kier alpha value is -2.09. The monoisotopic (exact) mass is 338 g/mol. The van der Waals surface area contributed by atoms with E-state index in [2.05, 4.69) is 65.0 Å². The second kappa shape index (κ2) is 7.86. The van der Waals surface area contributed by atoms with Gasteiger partial charge in [0.25, 0.3) is 0 Å². The minimum absolute atomic E-state index is 0.194. The van der Waals surface area contributed by atoms with E-state index in [9.17, 15) is 9.90 Å². The molecule has 0 bridgehead atoms. The Bertz CT molecular complexity index is 738. The summed E-state index contributed by atoms with van der Waals surface area (Å²) < 4.78 is 0. The lowest BCUT2D eigenvalue weighted by molar-refractivity contribution is 0.0694. The van der Waals surface area contributed by atoms with Crippen molar-refractivity contribution in [1.82, 2.24) is 0 Å². The second-order valence-corrected chi connectivity index (χ2v) is 7.90. The molecule has 2 aromatic carbocycles. The number of benzene rings is 2. The standard InChI is InChI=1S/C23H30O2/c1-6-16(2)19-12-8-7-10-17(19)14-15-18-11-9-13-20(22(24)25)21(18)23(3,4)5/h7-13,16H,6,14-15H2,1-5H3,(H,24,25). The van der Waals surface area contributed by atoms with Crippen LogP contribution in [0.15, 0.2) is 42.5 Å². The highest BCUT2D eigenvalue weighted by Gasteiger charge is 2.24. The molecule has 1 unspecified atom stereocenters. The number of hydrogen-bond donors (Lipinski definition) is 1. The van der Waals surface area contributed by atoms with Crippen molar-refractivity contribution in [2.45, 2.75) is 65.2 Å². The maximum absolute atomic E-state index is 11.7. The molecule has 25 heavy (non-hydrogen) atoms. The summed E-state index contributed by atoms with van der Waals surface area (Å²) in [6.07, 6.45) is 2.92. The fraction of sp³-hybridized carbons (Fsp3) is 0.435. The molecule has 134 valence electrons. The summed E-state index contributed by atoms with van der Waals surface area (Å²) in [7, 11) is 0. The quantitative estimate of drug-likeness (QED) is 0.703. The van der Waals surface area contributed by atoms with Gasteiger partial charge in [-0.2, -0.15) is 0 Å². The topological polar surface area (TPSA) is 37.3 Å². The van der Waals surface area contributed by atoms with E-state index in [-0.39, 0.29) is 5.41 Å². The van der Waals surface area contributed by atoms with Gasteiger partial charge in [-0.3, -0.25) is 0 Å². The summed E-state index contributed by atoms with van der Waals surface area (Å²) in [4.78, 5) is 11.7. The van der Waals surface area contributed by atoms with Crippen LogP contribution < -0.4 is 0 Å². The molecule has 2 rings (SSSR count). The first kappa shape index (κ1) is 19.2. The Morgan fingerprint density at radius 3 is 2.20 bits per heavy atom. The average molecular weight is 338 g/mol. The largest absolute Gasteiger partial charge is 0.478 e. The van der Waals surface area contributed by atoms with Gasteiger partial charge in [-0.15, -0.1) is 0 Å². The van der Waals surface area contributed by atoms with E-state index >= 15 is 0 Å². The molecule has 1 atom stereocenters. The molecule has 0 fully saturated rings. The Labute approximate surface area is 151 Å². The molecule has 2 aromatic rings. The van der Waals surface area contributed by atoms with Gasteiger partial charge in [0.2, 0.25) is 0 Å². The number of rotatable bonds is 6. The van der Waals surface area contributed by atoms with Crippen LogP contribution in [0.5, 0.6) is 0 Å². The number of carbonyl (C=O) groups is 1. The third-order valence-electron chi connectivity index (χ3n) is 4.99. The normalized spacial score (nSPS) is 12.8. The van der Waals surface area contributed by atoms with Crippen molar-refractivity contribution < 1.29 is 9.90 Å². The lowest BCUT2D eigenvalue weighted by Crippen LogP contribution is -2.20. The molecule has 0 aliphatic heterocycles. The Morgan fingerprint density at radius 1 is 1.00 bits per heavy atom. The SMILES string of the molecule is CCC(C)c1ccccc1CCc1cccc(C(=O)O)c1C(C)(C)C. The zero-order chi connectivity index (χ0) is 18.6. The summed E-state index contributed by atoms with van der Waals surface area (Å²) in [5.74, 6) is -0.296. The van der Waals surface area contributed by atoms with Crippen molar-refractivity contribution in [3.05, 3.63) is 70.3 Å². The minimum atomic E-state index is -0.841. The summed E-state index contributed by atoms with van der Waals surface area (Å²) >= 11 is 0. The van der Waals surface area contributed by atoms with Crippen LogP contribution in [0.3, 0.4) is 0 Å². The van der Waals surface area contributed by atoms with Gasteiger partial charge in [0, 0.05) is 0 Å². The highest BCUT2D eigenvalue weighted by atomic mass is 16.4. The summed E-state index contributed by atoms with van der Waals surface area (Å²) in [6, 6.07) is 14.3. The predicted octanol–water partition coefficient (Wildman–Crippen LogP) is 5.98. The second-order valence-electron chi connectivity index (χ2n) is 7.90. The van der Waals surface area contributed by atoms with Gasteiger partial charge < -0.3 is 5.11 Å². The van der Waals surface area contributed by atoms with Crippen molar-refractivity contribution in [3.8, 4) is 0 Å². The van der Waals surface area contributed by atoms with E-state index in [1.165, 1.54) is 11.1 Å². The molecular weight excluding hydrogens is 308 g/mol. The lowest BCUT2D eigenvalue weighted by atomic mass is 9.79. The summed E-state index contributed by atoms with van der Waals surface area (Å²) in [5, 5.41) is 9.59. The first-order valence-corrected chi connectivity index (χ1v) is 9.19. The Kier molecular flexibility index (Phi) is 6.05. The van der Waals surface area contributed by atoms with Crippen molar-refractivity contribution in [3.63, 3.8) is 0 Å². The van der Waals surface area contributed by atoms with Crippen LogP contribution in [-0.4, -0.2) is 11.1 Å². The van der Waals surface area contributed by atoms with Gasteiger partial charge in [0.15, 0.2) is 0 Å². The maximum atomic E-state index is 11.7. The first-order chi connectivity index (χ1) is 11.8. The molecular formula is C23H30O2. The van der Waals surface area contributed by atoms with Crippen LogP contribution in [-0.2, 0) is 18.3 Å². The fourth-order valence-electron chi connectivity index (χ4n) is 3.60. The van der Waals surface area contributed by atoms with Gasteiger partial charge in [-0.25, -0.2) is 4.79 Å². The number of aromatic carboxylic acids is 1. The van der Waals surface area contributed by atoms with Gasteiger partial charge in [0.05, 0.1) is 5.56 Å². The maximum Gasteiger partial charge on any atom is 0.335 e. The molecule has 0 saturated heterocycles. The summed E-state index contributed by atoms with van der Waals surface area (Å²) in [6.45, 7) is 10.8. The van der Waals surface area contributed by atoms with E-state index in [0.717, 1.165) is 30.4 Å². The fourth-order valence-corrected chi connectivity index (χ4v) is 3.60. The molecule has 0 spiro atoms. The van der Waals surface area contributed by atoms with Gasteiger partial charge >= 0.3 is 5.97 Å². The van der Waals surface area contributed by atoms with E-state index in [1.807, 2.05) is 6.07 Å². The van der Waals surface area contributed by atoms with Crippen LogP contribution in [0.4, 0.5) is 0 Å². The Balaban J connectivity index is 2.37. The van der Waals surface area contributed by atoms with E-state index in [1.54, 1.807) is 6.07 Å². The number of carboxylic acids is 1. The Morgan fingerprint density at radius 2 is 1.60 bits per heavy atom. The molecule has 0 aliphatic rings. The summed E-state index contributed by atoms with van der Waals surface area (Å²) in [5.41, 5.74) is 5.13. The van der Waals surface area contributed by atoms with Crippen LogP contribution in [0.25, 0.3) is 0 Å². The van der Waals surface area contributed by atoms with E-state index in [4.69, 9.17) is 0 Å². The molecule has 2 heteroatoms. The lowest BCUT2D eigenvalue weighted by Gasteiger charge is -2.25. The third-order valence-corrected chi connectivity index (χ3v) is 4.99. The van der Waals surface area contributed by atoms with Crippen LogP contribution in [0.2, 0.25) is 0 Å². The number of aryl methyl sites for hydroxylation is 2. The van der Waals surface area contributed by atoms with Crippen molar-refractivity contribution in [1.29, 1.82) is 0 Å². The van der Waals surface area contributed by atoms with E-state index in [0.29, 0.717) is 11.5 Å². The van der Waals surface area contributed by atoms with Crippen molar-refractivity contribution in [2.24, 2.45) is 0 Å². The number of carboxylic acid groups (broad SMARTS) is 1. The highest BCUT2D eigenvalue weighted by Crippen LogP contribution is 2.31. The van der Waals surface area contributed by atoms with Gasteiger partial charge in [-0.05, 0) is 58.9 Å². The molecule has 2 nitrogen and oxygen atoms in total. The smallest absolute Gasteiger partial charge is 0.335 e. The van der Waals surface area contributed by atoms with E-state index < -0.39 is 5.97 Å². The van der Waals surface area contributed by atoms with Crippen molar-refractivity contribution in [2.75, 3.05) is 0 Å². The highest BCUT2D eigenvalue weighted by molar-refractivity contribution is 5.90. The molecule has 0 saturated carbocycles.